The van der Waals surface area contributed by atoms with E-state index in [1.54, 1.807) is 6.92 Å². The number of benzene rings is 2. The number of rotatable bonds is 5. The monoisotopic (exact) mass is 303 g/mol. The van der Waals surface area contributed by atoms with Crippen LogP contribution in [0.5, 0.6) is 0 Å². The molecule has 0 spiro atoms. The minimum Gasteiger partial charge on any atom is -0.464 e. The van der Waals surface area contributed by atoms with Gasteiger partial charge in [0.05, 0.1) is 6.61 Å². The first kappa shape index (κ1) is 15.4. The molecule has 0 radical (unpaired) electrons. The molecular formula is C17H18ClNO2. The van der Waals surface area contributed by atoms with Gasteiger partial charge in [0, 0.05) is 10.7 Å². The summed E-state index contributed by atoms with van der Waals surface area (Å²) in [4.78, 5) is 12.2. The van der Waals surface area contributed by atoms with Crippen molar-refractivity contribution in [1.29, 1.82) is 0 Å². The molecule has 0 fully saturated rings. The maximum absolute atomic E-state index is 12.2. The first-order valence-electron chi connectivity index (χ1n) is 6.86. The van der Waals surface area contributed by atoms with Gasteiger partial charge in [0.1, 0.15) is 0 Å². The minimum absolute atomic E-state index is 0.305. The van der Waals surface area contributed by atoms with Gasteiger partial charge in [-0.05, 0) is 37.1 Å². The molecule has 1 unspecified atom stereocenters. The summed E-state index contributed by atoms with van der Waals surface area (Å²) in [5.74, 6) is -0.305. The maximum Gasteiger partial charge on any atom is 0.333 e. The highest BCUT2D eigenvalue weighted by molar-refractivity contribution is 6.31. The maximum atomic E-state index is 12.2. The summed E-state index contributed by atoms with van der Waals surface area (Å²) in [5, 5.41) is 3.85. The van der Waals surface area contributed by atoms with Crippen molar-refractivity contribution in [3.05, 3.63) is 64.7 Å². The lowest BCUT2D eigenvalue weighted by Gasteiger charge is -2.19. The number of nitrogens with one attached hydrogen (secondary N) is 1. The van der Waals surface area contributed by atoms with Crippen LogP contribution in [0.1, 0.15) is 24.1 Å². The highest BCUT2D eigenvalue weighted by atomic mass is 35.5. The third-order valence-electron chi connectivity index (χ3n) is 3.14. The Labute approximate surface area is 129 Å². The summed E-state index contributed by atoms with van der Waals surface area (Å²) in [5.41, 5.74) is 2.63. The molecule has 0 saturated heterocycles. The zero-order valence-corrected chi connectivity index (χ0v) is 12.9. The van der Waals surface area contributed by atoms with Gasteiger partial charge in [-0.15, -0.1) is 0 Å². The molecule has 0 aromatic heterocycles. The van der Waals surface area contributed by atoms with Crippen LogP contribution in [-0.2, 0) is 9.53 Å². The standard InChI is InChI=1S/C17H18ClNO2/c1-3-21-17(20)16(13-7-5-4-6-8-13)19-14-10-9-12(2)15(18)11-14/h4-11,16,19H,3H2,1-2H3. The molecule has 0 saturated carbocycles. The Morgan fingerprint density at radius 2 is 1.95 bits per heavy atom. The Kier molecular flexibility index (Phi) is 5.23. The van der Waals surface area contributed by atoms with Gasteiger partial charge in [-0.2, -0.15) is 0 Å². The highest BCUT2D eigenvalue weighted by Crippen LogP contribution is 2.25. The number of halogens is 1. The van der Waals surface area contributed by atoms with Crippen molar-refractivity contribution in [3.8, 4) is 0 Å². The first-order valence-corrected chi connectivity index (χ1v) is 7.24. The molecular weight excluding hydrogens is 286 g/mol. The lowest BCUT2D eigenvalue weighted by atomic mass is 10.1. The van der Waals surface area contributed by atoms with E-state index in [0.29, 0.717) is 11.6 Å². The quantitative estimate of drug-likeness (QED) is 0.834. The summed E-state index contributed by atoms with van der Waals surface area (Å²) >= 11 is 6.13. The van der Waals surface area contributed by atoms with Crippen molar-refractivity contribution >= 4 is 23.3 Å². The summed E-state index contributed by atoms with van der Waals surface area (Å²) < 4.78 is 5.15. The number of hydrogen-bond donors (Lipinski definition) is 1. The molecule has 0 aliphatic carbocycles. The Morgan fingerprint density at radius 3 is 2.57 bits per heavy atom. The van der Waals surface area contributed by atoms with E-state index in [4.69, 9.17) is 16.3 Å². The molecule has 2 aromatic carbocycles. The van der Waals surface area contributed by atoms with Gasteiger partial charge in [-0.25, -0.2) is 4.79 Å². The van der Waals surface area contributed by atoms with E-state index >= 15 is 0 Å². The largest absolute Gasteiger partial charge is 0.464 e. The Hall–Kier alpha value is -2.00. The molecule has 0 heterocycles. The Morgan fingerprint density at radius 1 is 1.24 bits per heavy atom. The number of esters is 1. The SMILES string of the molecule is CCOC(=O)C(Nc1ccc(C)c(Cl)c1)c1ccccc1. The van der Waals surface area contributed by atoms with Crippen molar-refractivity contribution in [2.75, 3.05) is 11.9 Å². The van der Waals surface area contributed by atoms with Crippen LogP contribution in [0, 0.1) is 6.92 Å². The van der Waals surface area contributed by atoms with Crippen LogP contribution in [0.2, 0.25) is 5.02 Å². The lowest BCUT2D eigenvalue weighted by molar-refractivity contribution is -0.144. The molecule has 0 aliphatic heterocycles. The molecule has 2 rings (SSSR count). The average molecular weight is 304 g/mol. The van der Waals surface area contributed by atoms with Crippen LogP contribution in [0.4, 0.5) is 5.69 Å². The summed E-state index contributed by atoms with van der Waals surface area (Å²) in [6.07, 6.45) is 0. The van der Waals surface area contributed by atoms with E-state index in [0.717, 1.165) is 16.8 Å². The third kappa shape index (κ3) is 3.99. The number of aryl methyl sites for hydroxylation is 1. The average Bonchev–Trinajstić information content (AvgIpc) is 2.49. The van der Waals surface area contributed by atoms with Gasteiger partial charge in [0.15, 0.2) is 6.04 Å². The third-order valence-corrected chi connectivity index (χ3v) is 3.55. The summed E-state index contributed by atoms with van der Waals surface area (Å²) in [6.45, 7) is 4.08. The number of anilines is 1. The van der Waals surface area contributed by atoms with Gasteiger partial charge in [-0.3, -0.25) is 0 Å². The normalized spacial score (nSPS) is 11.8. The van der Waals surface area contributed by atoms with Crippen LogP contribution in [0.25, 0.3) is 0 Å². The van der Waals surface area contributed by atoms with Gasteiger partial charge in [-0.1, -0.05) is 48.0 Å². The van der Waals surface area contributed by atoms with Crippen molar-refractivity contribution < 1.29 is 9.53 Å². The molecule has 1 atom stereocenters. The predicted octanol–water partition coefficient (Wildman–Crippen LogP) is 4.36. The van der Waals surface area contributed by atoms with E-state index in [9.17, 15) is 4.79 Å². The fourth-order valence-corrected chi connectivity index (χ4v) is 2.18. The van der Waals surface area contributed by atoms with Gasteiger partial charge in [0.25, 0.3) is 0 Å². The lowest BCUT2D eigenvalue weighted by Crippen LogP contribution is -2.23. The van der Waals surface area contributed by atoms with Crippen LogP contribution in [0.3, 0.4) is 0 Å². The van der Waals surface area contributed by atoms with E-state index in [2.05, 4.69) is 5.32 Å². The Balaban J connectivity index is 2.27. The number of hydrogen-bond acceptors (Lipinski definition) is 3. The van der Waals surface area contributed by atoms with Gasteiger partial charge < -0.3 is 10.1 Å². The van der Waals surface area contributed by atoms with E-state index < -0.39 is 6.04 Å². The number of carbonyl (C=O) groups excluding carboxylic acids is 1. The first-order chi connectivity index (χ1) is 10.1. The zero-order valence-electron chi connectivity index (χ0n) is 12.1. The van der Waals surface area contributed by atoms with E-state index in [1.807, 2.05) is 55.5 Å². The van der Waals surface area contributed by atoms with E-state index in [-0.39, 0.29) is 5.97 Å². The second-order valence-corrected chi connectivity index (χ2v) is 5.11. The van der Waals surface area contributed by atoms with Crippen molar-refractivity contribution in [2.24, 2.45) is 0 Å². The van der Waals surface area contributed by atoms with Crippen molar-refractivity contribution in [1.82, 2.24) is 0 Å². The van der Waals surface area contributed by atoms with Crippen molar-refractivity contribution in [2.45, 2.75) is 19.9 Å². The van der Waals surface area contributed by atoms with Crippen LogP contribution in [-0.4, -0.2) is 12.6 Å². The predicted molar refractivity (Wildman–Crippen MR) is 85.6 cm³/mol. The number of carbonyl (C=O) groups is 1. The summed E-state index contributed by atoms with van der Waals surface area (Å²) in [6, 6.07) is 14.6. The van der Waals surface area contributed by atoms with Gasteiger partial charge in [0.2, 0.25) is 0 Å². The van der Waals surface area contributed by atoms with Crippen LogP contribution >= 0.6 is 11.6 Å². The molecule has 3 nitrogen and oxygen atoms in total. The number of ether oxygens (including phenoxy) is 1. The van der Waals surface area contributed by atoms with Crippen molar-refractivity contribution in [3.63, 3.8) is 0 Å². The Bertz CT molecular complexity index is 613. The topological polar surface area (TPSA) is 38.3 Å². The molecule has 4 heteroatoms. The summed E-state index contributed by atoms with van der Waals surface area (Å²) in [7, 11) is 0. The molecule has 110 valence electrons. The molecule has 21 heavy (non-hydrogen) atoms. The fraction of sp³-hybridized carbons (Fsp3) is 0.235. The smallest absolute Gasteiger partial charge is 0.333 e. The zero-order chi connectivity index (χ0) is 15.2. The molecule has 0 aliphatic rings. The second kappa shape index (κ2) is 7.14. The molecule has 2 aromatic rings. The molecule has 1 N–H and O–H groups in total. The second-order valence-electron chi connectivity index (χ2n) is 4.70. The van der Waals surface area contributed by atoms with Crippen LogP contribution in [0.15, 0.2) is 48.5 Å². The highest BCUT2D eigenvalue weighted by Gasteiger charge is 2.21. The fourth-order valence-electron chi connectivity index (χ4n) is 2.00. The minimum atomic E-state index is -0.551. The molecule has 0 amide bonds. The van der Waals surface area contributed by atoms with Crippen LogP contribution < -0.4 is 5.32 Å². The van der Waals surface area contributed by atoms with E-state index in [1.165, 1.54) is 0 Å². The molecule has 0 bridgehead atoms. The van der Waals surface area contributed by atoms with Gasteiger partial charge >= 0.3 is 5.97 Å².